The van der Waals surface area contributed by atoms with Gasteiger partial charge >= 0.3 is 13.8 Å². The molecule has 0 saturated heterocycles. The fourth-order valence-electron chi connectivity index (χ4n) is 7.11. The van der Waals surface area contributed by atoms with Gasteiger partial charge in [0.05, 0.1) is 19.8 Å². The van der Waals surface area contributed by atoms with Crippen molar-refractivity contribution in [3.8, 4) is 0 Å². The summed E-state index contributed by atoms with van der Waals surface area (Å²) in [6, 6.07) is 0. The summed E-state index contributed by atoms with van der Waals surface area (Å²) in [5, 5.41) is 0. The topological polar surface area (TPSA) is 117 Å². The number of nitrogens with two attached hydrogens (primary N) is 1. The molecule has 0 radical (unpaired) electrons. The van der Waals surface area contributed by atoms with E-state index in [1.54, 1.807) is 0 Å². The molecular formula is C51H96NO7P. The average molecular weight is 866 g/mol. The van der Waals surface area contributed by atoms with Crippen LogP contribution in [0.2, 0.25) is 0 Å². The van der Waals surface area contributed by atoms with Gasteiger partial charge in [-0.2, -0.15) is 0 Å². The zero-order valence-electron chi connectivity index (χ0n) is 39.2. The Labute approximate surface area is 371 Å². The molecule has 9 heteroatoms. The molecule has 2 unspecified atom stereocenters. The molecule has 352 valence electrons. The van der Waals surface area contributed by atoms with Crippen LogP contribution in [0.5, 0.6) is 0 Å². The first kappa shape index (κ1) is 58.5. The number of rotatable bonds is 48. The summed E-state index contributed by atoms with van der Waals surface area (Å²) in [4.78, 5) is 22.6. The highest BCUT2D eigenvalue weighted by molar-refractivity contribution is 7.47. The molecule has 2 atom stereocenters. The molecule has 0 bridgehead atoms. The molecule has 0 amide bonds. The molecule has 0 aliphatic carbocycles. The van der Waals surface area contributed by atoms with Crippen LogP contribution >= 0.6 is 7.82 Å². The number of hydrogen-bond acceptors (Lipinski definition) is 7. The molecular weight excluding hydrogens is 770 g/mol. The Hall–Kier alpha value is -1.54. The third-order valence-electron chi connectivity index (χ3n) is 10.8. The second kappa shape index (κ2) is 48.5. The molecule has 3 N–H and O–H groups in total. The van der Waals surface area contributed by atoms with Crippen molar-refractivity contribution in [2.75, 3.05) is 33.0 Å². The van der Waals surface area contributed by atoms with Crippen molar-refractivity contribution in [2.45, 2.75) is 238 Å². The summed E-state index contributed by atoms with van der Waals surface area (Å²) in [5.41, 5.74) is 5.38. The molecule has 0 rings (SSSR count). The molecule has 0 aliphatic heterocycles. The normalized spacial score (nSPS) is 13.7. The summed E-state index contributed by atoms with van der Waals surface area (Å²) in [7, 11) is -4.29. The second-order valence-electron chi connectivity index (χ2n) is 16.7. The molecule has 0 fully saturated rings. The van der Waals surface area contributed by atoms with E-state index in [0.717, 1.165) is 70.6 Å². The van der Waals surface area contributed by atoms with E-state index in [-0.39, 0.29) is 32.3 Å². The van der Waals surface area contributed by atoms with Crippen LogP contribution in [0.25, 0.3) is 0 Å². The number of carbonyl (C=O) groups is 1. The number of phosphoric ester groups is 1. The van der Waals surface area contributed by atoms with Gasteiger partial charge in [-0.05, 0) is 51.4 Å². The predicted molar refractivity (Wildman–Crippen MR) is 256 cm³/mol. The lowest BCUT2D eigenvalue weighted by atomic mass is 10.0. The first-order valence-corrected chi connectivity index (χ1v) is 26.6. The summed E-state index contributed by atoms with van der Waals surface area (Å²) >= 11 is 0. The van der Waals surface area contributed by atoms with Crippen LogP contribution in [0.4, 0.5) is 0 Å². The standard InChI is InChI=1S/C51H96NO7P/c1-3-5-7-9-11-13-15-17-19-21-22-23-24-25-26-27-28-29-30-32-34-36-38-40-42-44-51(53)59-50(49-58-60(54,55)57-47-45-52)48-56-46-43-41-39-37-35-33-31-20-18-16-14-12-10-8-6-4-2/h6,8,12,14,18,20,33,35,50H,3-5,7,9-11,13,15-17,19,21-32,34,36-49,52H2,1-2H3,(H,54,55)/b8-6-,14-12-,20-18-,35-33-. The lowest BCUT2D eigenvalue weighted by Crippen LogP contribution is -2.28. The van der Waals surface area contributed by atoms with Crippen molar-refractivity contribution >= 4 is 13.8 Å². The second-order valence-corrected chi connectivity index (χ2v) is 18.1. The van der Waals surface area contributed by atoms with E-state index in [9.17, 15) is 14.3 Å². The molecule has 0 aromatic rings. The third kappa shape index (κ3) is 47.5. The van der Waals surface area contributed by atoms with Gasteiger partial charge in [0.15, 0.2) is 0 Å². The first-order valence-electron chi connectivity index (χ1n) is 25.1. The minimum Gasteiger partial charge on any atom is -0.457 e. The highest BCUT2D eigenvalue weighted by Gasteiger charge is 2.25. The summed E-state index contributed by atoms with van der Waals surface area (Å²) < 4.78 is 33.5. The molecule has 0 spiro atoms. The summed E-state index contributed by atoms with van der Waals surface area (Å²) in [6.45, 7) is 4.76. The number of carbonyl (C=O) groups excluding carboxylic acids is 1. The first-order chi connectivity index (χ1) is 29.4. The minimum absolute atomic E-state index is 0.0946. The van der Waals surface area contributed by atoms with Crippen molar-refractivity contribution in [3.05, 3.63) is 48.6 Å². The highest BCUT2D eigenvalue weighted by atomic mass is 31.2. The molecule has 0 aromatic carbocycles. The van der Waals surface area contributed by atoms with Crippen molar-refractivity contribution in [1.29, 1.82) is 0 Å². The van der Waals surface area contributed by atoms with Crippen LogP contribution in [-0.2, 0) is 27.9 Å². The van der Waals surface area contributed by atoms with Crippen LogP contribution in [0.15, 0.2) is 48.6 Å². The van der Waals surface area contributed by atoms with Crippen LogP contribution in [0.3, 0.4) is 0 Å². The van der Waals surface area contributed by atoms with Gasteiger partial charge in [-0.3, -0.25) is 13.8 Å². The van der Waals surface area contributed by atoms with E-state index < -0.39 is 13.9 Å². The van der Waals surface area contributed by atoms with Crippen LogP contribution in [0, 0.1) is 0 Å². The third-order valence-corrected chi connectivity index (χ3v) is 11.7. The number of allylic oxidation sites excluding steroid dienone is 8. The highest BCUT2D eigenvalue weighted by Crippen LogP contribution is 2.43. The number of unbranched alkanes of at least 4 members (excludes halogenated alkanes) is 27. The van der Waals surface area contributed by atoms with Gasteiger partial charge in [-0.1, -0.05) is 223 Å². The maximum absolute atomic E-state index is 12.6. The van der Waals surface area contributed by atoms with Crippen LogP contribution < -0.4 is 5.73 Å². The van der Waals surface area contributed by atoms with Gasteiger partial charge in [0.1, 0.15) is 6.10 Å². The van der Waals surface area contributed by atoms with E-state index >= 15 is 0 Å². The lowest BCUT2D eigenvalue weighted by molar-refractivity contribution is -0.154. The van der Waals surface area contributed by atoms with Crippen LogP contribution in [0.1, 0.15) is 232 Å². The van der Waals surface area contributed by atoms with Gasteiger partial charge in [-0.25, -0.2) is 4.57 Å². The molecule has 0 heterocycles. The van der Waals surface area contributed by atoms with Gasteiger partial charge in [0.25, 0.3) is 0 Å². The number of hydrogen-bond donors (Lipinski definition) is 2. The average Bonchev–Trinajstić information content (AvgIpc) is 3.24. The molecule has 0 saturated carbocycles. The summed E-state index contributed by atoms with van der Waals surface area (Å²) in [5.74, 6) is -0.338. The SMILES string of the molecule is CC/C=C\C/C=C\C/C=C\C/C=C\CCCCCOCC(COP(=O)(O)OCCN)OC(=O)CCCCCCCCCCCCCCCCCCCCCCCCCCC. The zero-order chi connectivity index (χ0) is 43.7. The van der Waals surface area contributed by atoms with E-state index in [4.69, 9.17) is 24.3 Å². The van der Waals surface area contributed by atoms with E-state index in [1.165, 1.54) is 141 Å². The number of esters is 1. The maximum Gasteiger partial charge on any atom is 0.472 e. The van der Waals surface area contributed by atoms with Gasteiger partial charge in [-0.15, -0.1) is 0 Å². The minimum atomic E-state index is -4.29. The Morgan fingerprint density at radius 3 is 1.38 bits per heavy atom. The number of phosphoric acid groups is 1. The zero-order valence-corrected chi connectivity index (χ0v) is 40.1. The molecule has 0 aromatic heterocycles. The fraction of sp³-hybridized carbons (Fsp3) is 0.824. The predicted octanol–water partition coefficient (Wildman–Crippen LogP) is 15.5. The Morgan fingerprint density at radius 2 is 0.933 bits per heavy atom. The summed E-state index contributed by atoms with van der Waals surface area (Å²) in [6.07, 6.45) is 58.7. The van der Waals surface area contributed by atoms with E-state index in [1.807, 2.05) is 0 Å². The smallest absolute Gasteiger partial charge is 0.457 e. The quantitative estimate of drug-likeness (QED) is 0.0269. The van der Waals surface area contributed by atoms with Gasteiger partial charge in [0.2, 0.25) is 0 Å². The number of ether oxygens (including phenoxy) is 2. The monoisotopic (exact) mass is 866 g/mol. The van der Waals surface area contributed by atoms with E-state index in [0.29, 0.717) is 13.0 Å². The van der Waals surface area contributed by atoms with Crippen LogP contribution in [-0.4, -0.2) is 49.9 Å². The fourth-order valence-corrected chi connectivity index (χ4v) is 7.87. The molecule has 60 heavy (non-hydrogen) atoms. The Morgan fingerprint density at radius 1 is 0.517 bits per heavy atom. The Bertz CT molecular complexity index is 1060. The van der Waals surface area contributed by atoms with Crippen molar-refractivity contribution in [2.24, 2.45) is 5.73 Å². The largest absolute Gasteiger partial charge is 0.472 e. The van der Waals surface area contributed by atoms with Crippen molar-refractivity contribution < 1.29 is 32.8 Å². The Kier molecular flexibility index (Phi) is 47.2. The van der Waals surface area contributed by atoms with Gasteiger partial charge in [0, 0.05) is 19.6 Å². The van der Waals surface area contributed by atoms with Crippen molar-refractivity contribution in [1.82, 2.24) is 0 Å². The van der Waals surface area contributed by atoms with Crippen molar-refractivity contribution in [3.63, 3.8) is 0 Å². The van der Waals surface area contributed by atoms with E-state index in [2.05, 4.69) is 62.5 Å². The Balaban J connectivity index is 3.92. The molecule has 0 aliphatic rings. The molecule has 8 nitrogen and oxygen atoms in total. The lowest BCUT2D eigenvalue weighted by Gasteiger charge is -2.20. The maximum atomic E-state index is 12.6. The van der Waals surface area contributed by atoms with Gasteiger partial charge < -0.3 is 20.1 Å².